The van der Waals surface area contributed by atoms with Crippen LogP contribution in [0.25, 0.3) is 5.52 Å². The molecule has 0 N–H and O–H groups in total. The number of aromatic nitrogens is 2. The first-order valence-electron chi connectivity index (χ1n) is 4.85. The van der Waals surface area contributed by atoms with E-state index in [2.05, 4.69) is 4.98 Å². The molecular formula is C11H12N2O2. The fourth-order valence-electron chi connectivity index (χ4n) is 1.54. The van der Waals surface area contributed by atoms with Gasteiger partial charge in [-0.3, -0.25) is 0 Å². The largest absolute Gasteiger partial charge is 0.461 e. The van der Waals surface area contributed by atoms with Gasteiger partial charge in [0.15, 0.2) is 5.69 Å². The van der Waals surface area contributed by atoms with E-state index in [1.807, 2.05) is 35.7 Å². The molecule has 0 aliphatic heterocycles. The third-order valence-corrected chi connectivity index (χ3v) is 2.19. The van der Waals surface area contributed by atoms with Crippen LogP contribution in [-0.4, -0.2) is 22.0 Å². The molecule has 0 amide bonds. The van der Waals surface area contributed by atoms with Gasteiger partial charge in [-0.25, -0.2) is 9.78 Å². The molecule has 15 heavy (non-hydrogen) atoms. The summed E-state index contributed by atoms with van der Waals surface area (Å²) in [7, 11) is 0. The summed E-state index contributed by atoms with van der Waals surface area (Å²) in [4.78, 5) is 15.8. The summed E-state index contributed by atoms with van der Waals surface area (Å²) in [5.41, 5.74) is 1.17. The molecule has 0 unspecified atom stereocenters. The number of carbonyl (C=O) groups is 1. The van der Waals surface area contributed by atoms with Crippen molar-refractivity contribution in [1.82, 2.24) is 9.38 Å². The molecule has 2 rings (SSSR count). The summed E-state index contributed by atoms with van der Waals surface area (Å²) < 4.78 is 6.80. The molecule has 0 saturated carbocycles. The van der Waals surface area contributed by atoms with E-state index in [-0.39, 0.29) is 5.97 Å². The van der Waals surface area contributed by atoms with Crippen LogP contribution in [0, 0.1) is 6.92 Å². The molecule has 2 aromatic rings. The van der Waals surface area contributed by atoms with Gasteiger partial charge in [-0.1, -0.05) is 6.07 Å². The van der Waals surface area contributed by atoms with Gasteiger partial charge in [-0.15, -0.1) is 0 Å². The maximum Gasteiger partial charge on any atom is 0.359 e. The summed E-state index contributed by atoms with van der Waals surface area (Å²) in [6.07, 6.45) is 1.88. The predicted molar refractivity (Wildman–Crippen MR) is 55.9 cm³/mol. The van der Waals surface area contributed by atoms with Gasteiger partial charge in [0, 0.05) is 6.20 Å². The Bertz CT molecular complexity index is 502. The summed E-state index contributed by atoms with van der Waals surface area (Å²) in [6.45, 7) is 4.00. The van der Waals surface area contributed by atoms with Crippen molar-refractivity contribution in [3.05, 3.63) is 35.9 Å². The average molecular weight is 204 g/mol. The van der Waals surface area contributed by atoms with E-state index in [1.165, 1.54) is 0 Å². The van der Waals surface area contributed by atoms with Crippen molar-refractivity contribution >= 4 is 11.5 Å². The number of aryl methyl sites for hydroxylation is 1. The van der Waals surface area contributed by atoms with Crippen molar-refractivity contribution < 1.29 is 9.53 Å². The van der Waals surface area contributed by atoms with Crippen LogP contribution in [0.1, 0.15) is 23.2 Å². The Morgan fingerprint density at radius 3 is 3.07 bits per heavy atom. The summed E-state index contributed by atoms with van der Waals surface area (Å²) in [6, 6.07) is 5.63. The number of esters is 1. The smallest absolute Gasteiger partial charge is 0.359 e. The maximum absolute atomic E-state index is 11.6. The Morgan fingerprint density at radius 1 is 1.53 bits per heavy atom. The number of fused-ring (bicyclic) bond motifs is 1. The van der Waals surface area contributed by atoms with E-state index in [0.29, 0.717) is 12.3 Å². The standard InChI is InChI=1S/C11H12N2O2/c1-3-15-11(14)10-9-6-4-5-7-13(9)8(2)12-10/h4-7H,3H2,1-2H3. The third-order valence-electron chi connectivity index (χ3n) is 2.19. The lowest BCUT2D eigenvalue weighted by atomic mass is 10.3. The highest BCUT2D eigenvalue weighted by Gasteiger charge is 2.15. The molecule has 0 saturated heterocycles. The second-order valence-corrected chi connectivity index (χ2v) is 3.18. The van der Waals surface area contributed by atoms with Crippen LogP contribution in [0.4, 0.5) is 0 Å². The number of ether oxygens (including phenoxy) is 1. The summed E-state index contributed by atoms with van der Waals surface area (Å²) in [5.74, 6) is 0.419. The van der Waals surface area contributed by atoms with Crippen molar-refractivity contribution in [2.45, 2.75) is 13.8 Å². The molecule has 78 valence electrons. The highest BCUT2D eigenvalue weighted by atomic mass is 16.5. The van der Waals surface area contributed by atoms with Crippen LogP contribution in [0.5, 0.6) is 0 Å². The Hall–Kier alpha value is -1.84. The maximum atomic E-state index is 11.6. The molecule has 0 aromatic carbocycles. The van der Waals surface area contributed by atoms with Gasteiger partial charge in [0.1, 0.15) is 5.82 Å². The zero-order valence-electron chi connectivity index (χ0n) is 8.73. The van der Waals surface area contributed by atoms with E-state index in [4.69, 9.17) is 4.74 Å². The topological polar surface area (TPSA) is 43.6 Å². The SMILES string of the molecule is CCOC(=O)c1nc(C)n2ccccc12. The summed E-state index contributed by atoms with van der Waals surface area (Å²) >= 11 is 0. The van der Waals surface area contributed by atoms with Crippen molar-refractivity contribution in [2.24, 2.45) is 0 Å². The first-order valence-corrected chi connectivity index (χ1v) is 4.85. The van der Waals surface area contributed by atoms with Gasteiger partial charge in [0.05, 0.1) is 12.1 Å². The number of rotatable bonds is 2. The van der Waals surface area contributed by atoms with Crippen molar-refractivity contribution in [3.63, 3.8) is 0 Å². The first kappa shape index (κ1) is 9.71. The Balaban J connectivity index is 2.57. The van der Waals surface area contributed by atoms with Gasteiger partial charge in [-0.2, -0.15) is 0 Å². The molecule has 4 heteroatoms. The second-order valence-electron chi connectivity index (χ2n) is 3.18. The molecule has 2 aromatic heterocycles. The van der Waals surface area contributed by atoms with Crippen molar-refractivity contribution in [1.29, 1.82) is 0 Å². The van der Waals surface area contributed by atoms with E-state index in [1.54, 1.807) is 6.92 Å². The number of pyridine rings is 1. The van der Waals surface area contributed by atoms with Gasteiger partial charge < -0.3 is 9.14 Å². The molecule has 0 radical (unpaired) electrons. The number of hydrogen-bond acceptors (Lipinski definition) is 3. The lowest BCUT2D eigenvalue weighted by molar-refractivity contribution is 0.0522. The number of hydrogen-bond donors (Lipinski definition) is 0. The van der Waals surface area contributed by atoms with E-state index in [0.717, 1.165) is 11.3 Å². The van der Waals surface area contributed by atoms with Crippen LogP contribution in [0.2, 0.25) is 0 Å². The van der Waals surface area contributed by atoms with Crippen LogP contribution < -0.4 is 0 Å². The van der Waals surface area contributed by atoms with E-state index >= 15 is 0 Å². The quantitative estimate of drug-likeness (QED) is 0.701. The van der Waals surface area contributed by atoms with Crippen LogP contribution in [-0.2, 0) is 4.74 Å². The molecular weight excluding hydrogens is 192 g/mol. The van der Waals surface area contributed by atoms with Gasteiger partial charge in [0.2, 0.25) is 0 Å². The Kier molecular flexibility index (Phi) is 2.41. The van der Waals surface area contributed by atoms with Crippen LogP contribution >= 0.6 is 0 Å². The Morgan fingerprint density at radius 2 is 2.33 bits per heavy atom. The molecule has 0 aliphatic carbocycles. The highest BCUT2D eigenvalue weighted by Crippen LogP contribution is 2.13. The minimum absolute atomic E-state index is 0.365. The fourth-order valence-corrected chi connectivity index (χ4v) is 1.54. The van der Waals surface area contributed by atoms with E-state index < -0.39 is 0 Å². The van der Waals surface area contributed by atoms with Gasteiger partial charge >= 0.3 is 5.97 Å². The van der Waals surface area contributed by atoms with Gasteiger partial charge in [0.25, 0.3) is 0 Å². The molecule has 0 spiro atoms. The minimum Gasteiger partial charge on any atom is -0.461 e. The van der Waals surface area contributed by atoms with Crippen LogP contribution in [0.3, 0.4) is 0 Å². The molecule has 0 atom stereocenters. The highest BCUT2D eigenvalue weighted by molar-refractivity contribution is 5.95. The molecule has 0 aliphatic rings. The average Bonchev–Trinajstić information content (AvgIpc) is 2.58. The molecule has 0 fully saturated rings. The molecule has 2 heterocycles. The second kappa shape index (κ2) is 3.73. The lowest BCUT2D eigenvalue weighted by Gasteiger charge is -1.98. The van der Waals surface area contributed by atoms with Crippen molar-refractivity contribution in [2.75, 3.05) is 6.61 Å². The predicted octanol–water partition coefficient (Wildman–Crippen LogP) is 1.82. The number of carbonyl (C=O) groups excluding carboxylic acids is 1. The number of imidazole rings is 1. The first-order chi connectivity index (χ1) is 7.24. The zero-order valence-corrected chi connectivity index (χ0v) is 8.73. The normalized spacial score (nSPS) is 10.5. The molecule has 0 bridgehead atoms. The fraction of sp³-hybridized carbons (Fsp3) is 0.273. The van der Waals surface area contributed by atoms with E-state index in [9.17, 15) is 4.79 Å². The molecule has 4 nitrogen and oxygen atoms in total. The minimum atomic E-state index is -0.366. The third kappa shape index (κ3) is 1.58. The summed E-state index contributed by atoms with van der Waals surface area (Å²) in [5, 5.41) is 0. The van der Waals surface area contributed by atoms with Crippen LogP contribution in [0.15, 0.2) is 24.4 Å². The zero-order chi connectivity index (χ0) is 10.8. The van der Waals surface area contributed by atoms with Crippen molar-refractivity contribution in [3.8, 4) is 0 Å². The number of nitrogens with zero attached hydrogens (tertiary/aromatic N) is 2. The van der Waals surface area contributed by atoms with Gasteiger partial charge in [-0.05, 0) is 26.0 Å². The monoisotopic (exact) mass is 204 g/mol. The Labute approximate surface area is 87.5 Å². The lowest BCUT2D eigenvalue weighted by Crippen LogP contribution is -2.05.